The number of rotatable bonds is 9. The highest BCUT2D eigenvalue weighted by Crippen LogP contribution is 2.40. The van der Waals surface area contributed by atoms with Gasteiger partial charge < -0.3 is 9.47 Å². The van der Waals surface area contributed by atoms with E-state index in [0.717, 1.165) is 24.4 Å². The van der Waals surface area contributed by atoms with E-state index in [-0.39, 0.29) is 0 Å². The maximum Gasteiger partial charge on any atom is 0.0577 e. The molecule has 0 bridgehead atoms. The van der Waals surface area contributed by atoms with Gasteiger partial charge in [-0.05, 0) is 87.5 Å². The van der Waals surface area contributed by atoms with Gasteiger partial charge in [0.15, 0.2) is 0 Å². The highest BCUT2D eigenvalue weighted by Gasteiger charge is 2.27. The molecule has 0 saturated heterocycles. The van der Waals surface area contributed by atoms with Gasteiger partial charge in [0.25, 0.3) is 0 Å². The van der Waals surface area contributed by atoms with Crippen molar-refractivity contribution in [2.45, 2.75) is 95.7 Å². The fraction of sp³-hybridized carbons (Fsp3) is 0.760. The van der Waals surface area contributed by atoms with E-state index in [9.17, 15) is 0 Å². The Morgan fingerprint density at radius 1 is 0.889 bits per heavy atom. The van der Waals surface area contributed by atoms with Gasteiger partial charge in [0, 0.05) is 13.7 Å². The third-order valence-electron chi connectivity index (χ3n) is 7.26. The van der Waals surface area contributed by atoms with Gasteiger partial charge in [-0.2, -0.15) is 0 Å². The van der Waals surface area contributed by atoms with Crippen molar-refractivity contribution in [1.82, 2.24) is 0 Å². The lowest BCUT2D eigenvalue weighted by molar-refractivity contribution is -0.0186. The maximum atomic E-state index is 6.18. The highest BCUT2D eigenvalue weighted by atomic mass is 16.5. The summed E-state index contributed by atoms with van der Waals surface area (Å²) in [6, 6.07) is 11.2. The van der Waals surface area contributed by atoms with Crippen LogP contribution < -0.4 is 0 Å². The SMILES string of the molecule is CCC(CCCOC1CCC(OC)CC1)C1CCC(c2ccccc2)CC1. The van der Waals surface area contributed by atoms with Crippen molar-refractivity contribution in [1.29, 1.82) is 0 Å². The van der Waals surface area contributed by atoms with Crippen LogP contribution in [-0.4, -0.2) is 25.9 Å². The second kappa shape index (κ2) is 11.2. The number of hydrogen-bond acceptors (Lipinski definition) is 2. The summed E-state index contributed by atoms with van der Waals surface area (Å²) in [4.78, 5) is 0. The second-order valence-corrected chi connectivity index (χ2v) is 8.84. The lowest BCUT2D eigenvalue weighted by Crippen LogP contribution is -2.26. The average molecular weight is 373 g/mol. The van der Waals surface area contributed by atoms with Crippen molar-refractivity contribution in [3.05, 3.63) is 35.9 Å². The van der Waals surface area contributed by atoms with E-state index in [0.29, 0.717) is 12.2 Å². The standard InChI is InChI=1S/C25H40O2/c1-3-20(10-7-19-27-25-17-15-24(26-2)16-18-25)22-11-13-23(14-12-22)21-8-5-4-6-9-21/h4-6,8-9,20,22-25H,3,7,10-19H2,1-2H3. The molecule has 152 valence electrons. The monoisotopic (exact) mass is 372 g/mol. The van der Waals surface area contributed by atoms with E-state index in [2.05, 4.69) is 37.3 Å². The normalized spacial score (nSPS) is 30.1. The minimum absolute atomic E-state index is 0.473. The third-order valence-corrected chi connectivity index (χ3v) is 7.26. The molecule has 1 atom stereocenters. The summed E-state index contributed by atoms with van der Waals surface area (Å²) in [6.07, 6.45) is 15.2. The lowest BCUT2D eigenvalue weighted by Gasteiger charge is -2.34. The zero-order valence-corrected chi connectivity index (χ0v) is 17.6. The molecule has 0 spiro atoms. The molecule has 1 aromatic carbocycles. The fourth-order valence-electron chi connectivity index (χ4n) is 5.45. The minimum Gasteiger partial charge on any atom is -0.381 e. The Hall–Kier alpha value is -0.860. The zero-order valence-electron chi connectivity index (χ0n) is 17.6. The molecule has 0 amide bonds. The molecule has 0 aliphatic heterocycles. The van der Waals surface area contributed by atoms with Crippen LogP contribution in [-0.2, 0) is 9.47 Å². The first-order valence-corrected chi connectivity index (χ1v) is 11.5. The molecule has 1 unspecified atom stereocenters. The average Bonchev–Trinajstić information content (AvgIpc) is 2.75. The molecule has 0 aromatic heterocycles. The molecule has 1 aromatic rings. The molecule has 2 fully saturated rings. The van der Waals surface area contributed by atoms with Crippen molar-refractivity contribution in [3.63, 3.8) is 0 Å². The zero-order chi connectivity index (χ0) is 18.9. The molecule has 2 heteroatoms. The van der Waals surface area contributed by atoms with Crippen molar-refractivity contribution >= 4 is 0 Å². The van der Waals surface area contributed by atoms with Crippen molar-refractivity contribution in [2.75, 3.05) is 13.7 Å². The molecule has 0 heterocycles. The first-order chi connectivity index (χ1) is 13.3. The van der Waals surface area contributed by atoms with E-state index < -0.39 is 0 Å². The maximum absolute atomic E-state index is 6.18. The fourth-order valence-corrected chi connectivity index (χ4v) is 5.45. The van der Waals surface area contributed by atoms with Gasteiger partial charge in [0.1, 0.15) is 0 Å². The minimum atomic E-state index is 0.473. The van der Waals surface area contributed by atoms with Crippen molar-refractivity contribution in [3.8, 4) is 0 Å². The van der Waals surface area contributed by atoms with Crippen LogP contribution in [0.2, 0.25) is 0 Å². The van der Waals surface area contributed by atoms with E-state index in [1.807, 2.05) is 7.11 Å². The van der Waals surface area contributed by atoms with Gasteiger partial charge >= 0.3 is 0 Å². The molecular weight excluding hydrogens is 332 g/mol. The van der Waals surface area contributed by atoms with E-state index >= 15 is 0 Å². The first-order valence-electron chi connectivity index (χ1n) is 11.5. The van der Waals surface area contributed by atoms with Gasteiger partial charge in [0.2, 0.25) is 0 Å². The van der Waals surface area contributed by atoms with Crippen LogP contribution in [0.3, 0.4) is 0 Å². The van der Waals surface area contributed by atoms with Crippen LogP contribution in [0.5, 0.6) is 0 Å². The van der Waals surface area contributed by atoms with Crippen molar-refractivity contribution < 1.29 is 9.47 Å². The van der Waals surface area contributed by atoms with E-state index in [4.69, 9.17) is 9.47 Å². The second-order valence-electron chi connectivity index (χ2n) is 8.84. The summed E-state index contributed by atoms with van der Waals surface area (Å²) in [5, 5.41) is 0. The van der Waals surface area contributed by atoms with Crippen LogP contribution in [0.15, 0.2) is 30.3 Å². The third kappa shape index (κ3) is 6.32. The Kier molecular flexibility index (Phi) is 8.67. The summed E-state index contributed by atoms with van der Waals surface area (Å²) < 4.78 is 11.6. The Labute approximate surface area is 167 Å². The van der Waals surface area contributed by atoms with Gasteiger partial charge in [-0.3, -0.25) is 0 Å². The van der Waals surface area contributed by atoms with Crippen LogP contribution in [0.25, 0.3) is 0 Å². The highest BCUT2D eigenvalue weighted by molar-refractivity contribution is 5.19. The predicted octanol–water partition coefficient (Wildman–Crippen LogP) is 6.74. The quantitative estimate of drug-likeness (QED) is 0.447. The lowest BCUT2D eigenvalue weighted by atomic mass is 9.72. The van der Waals surface area contributed by atoms with E-state index in [1.165, 1.54) is 70.6 Å². The smallest absolute Gasteiger partial charge is 0.0577 e. The van der Waals surface area contributed by atoms with Gasteiger partial charge in [-0.25, -0.2) is 0 Å². The predicted molar refractivity (Wildman–Crippen MR) is 113 cm³/mol. The van der Waals surface area contributed by atoms with Gasteiger partial charge in [-0.15, -0.1) is 0 Å². The van der Waals surface area contributed by atoms with Crippen LogP contribution in [0.1, 0.15) is 89.0 Å². The summed E-state index contributed by atoms with van der Waals surface area (Å²) in [7, 11) is 1.84. The van der Waals surface area contributed by atoms with Crippen molar-refractivity contribution in [2.24, 2.45) is 11.8 Å². The van der Waals surface area contributed by atoms with Gasteiger partial charge in [-0.1, -0.05) is 43.7 Å². The van der Waals surface area contributed by atoms with Crippen LogP contribution >= 0.6 is 0 Å². The van der Waals surface area contributed by atoms with Crippen LogP contribution in [0.4, 0.5) is 0 Å². The number of benzene rings is 1. The molecule has 2 saturated carbocycles. The Morgan fingerprint density at radius 2 is 1.56 bits per heavy atom. The van der Waals surface area contributed by atoms with Gasteiger partial charge in [0.05, 0.1) is 12.2 Å². The molecule has 2 nitrogen and oxygen atoms in total. The van der Waals surface area contributed by atoms with Crippen LogP contribution in [0, 0.1) is 11.8 Å². The Bertz CT molecular complexity index is 498. The molecule has 27 heavy (non-hydrogen) atoms. The number of ether oxygens (including phenoxy) is 2. The Balaban J connectivity index is 1.32. The topological polar surface area (TPSA) is 18.5 Å². The molecule has 0 N–H and O–H groups in total. The number of methoxy groups -OCH3 is 1. The first kappa shape index (κ1) is 20.9. The summed E-state index contributed by atoms with van der Waals surface area (Å²) in [5.41, 5.74) is 1.56. The molecule has 0 radical (unpaired) electrons. The summed E-state index contributed by atoms with van der Waals surface area (Å²) >= 11 is 0. The largest absolute Gasteiger partial charge is 0.381 e. The molecular formula is C25H40O2. The van der Waals surface area contributed by atoms with E-state index in [1.54, 1.807) is 5.56 Å². The molecule has 3 rings (SSSR count). The number of hydrogen-bond donors (Lipinski definition) is 0. The Morgan fingerprint density at radius 3 is 2.19 bits per heavy atom. The molecule has 2 aliphatic carbocycles. The summed E-state index contributed by atoms with van der Waals surface area (Å²) in [5.74, 6) is 2.63. The molecule has 2 aliphatic rings. The summed E-state index contributed by atoms with van der Waals surface area (Å²) in [6.45, 7) is 3.35.